The van der Waals surface area contributed by atoms with Gasteiger partial charge < -0.3 is 4.74 Å². The first-order chi connectivity index (χ1) is 13.1. The molecule has 146 valence electrons. The number of ether oxygens (including phenoxy) is 1. The normalized spacial score (nSPS) is 19.9. The van der Waals surface area contributed by atoms with Crippen molar-refractivity contribution in [2.75, 3.05) is 7.11 Å². The third-order valence-electron chi connectivity index (χ3n) is 5.97. The number of halogens is 2. The molecule has 3 rings (SSSR count). The van der Waals surface area contributed by atoms with Gasteiger partial charge in [-0.05, 0) is 48.6 Å². The fourth-order valence-corrected chi connectivity index (χ4v) is 4.38. The van der Waals surface area contributed by atoms with Crippen LogP contribution in [0.5, 0.6) is 5.75 Å². The Morgan fingerprint density at radius 2 is 1.67 bits per heavy atom. The van der Waals surface area contributed by atoms with E-state index in [2.05, 4.69) is 19.1 Å². The Hall–Kier alpha value is -1.90. The smallest absolute Gasteiger partial charge is 0.137 e. The van der Waals surface area contributed by atoms with Gasteiger partial charge in [0.25, 0.3) is 0 Å². The van der Waals surface area contributed by atoms with Gasteiger partial charge in [-0.15, -0.1) is 0 Å². The van der Waals surface area contributed by atoms with Gasteiger partial charge in [-0.3, -0.25) is 0 Å². The van der Waals surface area contributed by atoms with Crippen LogP contribution in [0.15, 0.2) is 36.4 Å². The lowest BCUT2D eigenvalue weighted by Gasteiger charge is -2.29. The molecule has 2 aromatic carbocycles. The minimum absolute atomic E-state index is 0.229. The average molecular weight is 372 g/mol. The number of hydrogen-bond donors (Lipinski definition) is 0. The van der Waals surface area contributed by atoms with Gasteiger partial charge in [-0.25, -0.2) is 8.78 Å². The van der Waals surface area contributed by atoms with Crippen molar-refractivity contribution in [3.63, 3.8) is 0 Å². The lowest BCUT2D eigenvalue weighted by molar-refractivity contribution is 0.303. The maximum Gasteiger partial charge on any atom is 0.137 e. The van der Waals surface area contributed by atoms with E-state index >= 15 is 0 Å². The molecule has 0 aliphatic heterocycles. The molecule has 1 saturated carbocycles. The highest BCUT2D eigenvalue weighted by atomic mass is 19.1. The molecule has 1 fully saturated rings. The summed E-state index contributed by atoms with van der Waals surface area (Å²) >= 11 is 0. The standard InChI is InChI=1S/C24H30F2O/c1-3-4-5-6-17-7-9-18(10-8-17)19-11-13-20(14-12-19)24-22(26)15-21(25)16-23(24)27-2/h11-18H,3-10H2,1-2H3. The van der Waals surface area contributed by atoms with E-state index in [9.17, 15) is 8.78 Å². The summed E-state index contributed by atoms with van der Waals surface area (Å²) in [6, 6.07) is 10.2. The topological polar surface area (TPSA) is 9.23 Å². The van der Waals surface area contributed by atoms with E-state index in [1.165, 1.54) is 70.1 Å². The Morgan fingerprint density at radius 1 is 0.963 bits per heavy atom. The van der Waals surface area contributed by atoms with Crippen LogP contribution in [-0.2, 0) is 0 Å². The zero-order chi connectivity index (χ0) is 19.2. The Labute approximate surface area is 161 Å². The molecule has 0 heterocycles. The van der Waals surface area contributed by atoms with E-state index in [0.29, 0.717) is 11.5 Å². The molecule has 0 unspecified atom stereocenters. The molecule has 1 nitrogen and oxygen atoms in total. The molecule has 0 bridgehead atoms. The third kappa shape index (κ3) is 4.88. The van der Waals surface area contributed by atoms with E-state index < -0.39 is 11.6 Å². The highest BCUT2D eigenvalue weighted by Crippen LogP contribution is 2.39. The van der Waals surface area contributed by atoms with Crippen molar-refractivity contribution in [2.45, 2.75) is 64.2 Å². The molecule has 1 aliphatic rings. The summed E-state index contributed by atoms with van der Waals surface area (Å²) in [5, 5.41) is 0. The molecule has 1 aliphatic carbocycles. The quantitative estimate of drug-likeness (QED) is 0.457. The summed E-state index contributed by atoms with van der Waals surface area (Å²) in [4.78, 5) is 0. The van der Waals surface area contributed by atoms with Crippen molar-refractivity contribution >= 4 is 0 Å². The molecule has 2 aromatic rings. The minimum Gasteiger partial charge on any atom is -0.496 e. The van der Waals surface area contributed by atoms with E-state index in [-0.39, 0.29) is 5.75 Å². The van der Waals surface area contributed by atoms with Crippen LogP contribution in [0.25, 0.3) is 11.1 Å². The predicted molar refractivity (Wildman–Crippen MR) is 107 cm³/mol. The van der Waals surface area contributed by atoms with Crippen molar-refractivity contribution in [3.05, 3.63) is 53.6 Å². The van der Waals surface area contributed by atoms with Gasteiger partial charge in [-0.2, -0.15) is 0 Å². The summed E-state index contributed by atoms with van der Waals surface area (Å²) in [5.74, 6) is 0.506. The SMILES string of the molecule is CCCCCC1CCC(c2ccc(-c3c(F)cc(F)cc3OC)cc2)CC1. The van der Waals surface area contributed by atoms with Gasteiger partial charge in [0, 0.05) is 12.1 Å². The van der Waals surface area contributed by atoms with Crippen LogP contribution in [0, 0.1) is 17.6 Å². The minimum atomic E-state index is -0.625. The lowest BCUT2D eigenvalue weighted by atomic mass is 9.77. The molecule has 0 spiro atoms. The largest absolute Gasteiger partial charge is 0.496 e. The van der Waals surface area contributed by atoms with Crippen LogP contribution in [-0.4, -0.2) is 7.11 Å². The van der Waals surface area contributed by atoms with Gasteiger partial charge in [0.15, 0.2) is 0 Å². The molecule has 0 radical (unpaired) electrons. The van der Waals surface area contributed by atoms with Crippen molar-refractivity contribution in [3.8, 4) is 16.9 Å². The van der Waals surface area contributed by atoms with Crippen molar-refractivity contribution in [2.24, 2.45) is 5.92 Å². The maximum absolute atomic E-state index is 14.3. The molecule has 0 aromatic heterocycles. The third-order valence-corrected chi connectivity index (χ3v) is 5.97. The fraction of sp³-hybridized carbons (Fsp3) is 0.500. The van der Waals surface area contributed by atoms with Gasteiger partial charge in [0.05, 0.1) is 12.7 Å². The van der Waals surface area contributed by atoms with Crippen LogP contribution >= 0.6 is 0 Å². The van der Waals surface area contributed by atoms with Gasteiger partial charge in [0.1, 0.15) is 17.4 Å². The summed E-state index contributed by atoms with van der Waals surface area (Å²) < 4.78 is 32.9. The molecule has 0 saturated heterocycles. The molecule has 27 heavy (non-hydrogen) atoms. The Morgan fingerprint density at radius 3 is 2.30 bits per heavy atom. The van der Waals surface area contributed by atoms with Crippen LogP contribution < -0.4 is 4.74 Å². The summed E-state index contributed by atoms with van der Waals surface area (Å²) in [7, 11) is 1.44. The first kappa shape index (κ1) is 19.9. The predicted octanol–water partition coefficient (Wildman–Crippen LogP) is 7.49. The monoisotopic (exact) mass is 372 g/mol. The second kappa shape index (κ2) is 9.34. The number of methoxy groups -OCH3 is 1. The second-order valence-corrected chi connectivity index (χ2v) is 7.80. The second-order valence-electron chi connectivity index (χ2n) is 7.80. The zero-order valence-corrected chi connectivity index (χ0v) is 16.4. The van der Waals surface area contributed by atoms with Crippen molar-refractivity contribution in [1.29, 1.82) is 0 Å². The number of benzene rings is 2. The molecular formula is C24H30F2O. The fourth-order valence-electron chi connectivity index (χ4n) is 4.38. The van der Waals surface area contributed by atoms with Crippen LogP contribution in [0.4, 0.5) is 8.78 Å². The average Bonchev–Trinajstić information content (AvgIpc) is 2.68. The van der Waals surface area contributed by atoms with Crippen molar-refractivity contribution in [1.82, 2.24) is 0 Å². The summed E-state index contributed by atoms with van der Waals surface area (Å²) in [5.41, 5.74) is 2.37. The van der Waals surface area contributed by atoms with Crippen LogP contribution in [0.3, 0.4) is 0 Å². The Balaban J connectivity index is 1.67. The number of unbranched alkanes of at least 4 members (excludes halogenated alkanes) is 2. The van der Waals surface area contributed by atoms with E-state index in [1.807, 2.05) is 12.1 Å². The highest BCUT2D eigenvalue weighted by Gasteiger charge is 2.22. The summed E-state index contributed by atoms with van der Waals surface area (Å²) in [6.07, 6.45) is 10.5. The maximum atomic E-state index is 14.3. The molecular weight excluding hydrogens is 342 g/mol. The lowest BCUT2D eigenvalue weighted by Crippen LogP contribution is -2.13. The first-order valence-electron chi connectivity index (χ1n) is 10.3. The highest BCUT2D eigenvalue weighted by molar-refractivity contribution is 5.71. The zero-order valence-electron chi connectivity index (χ0n) is 16.4. The number of hydrogen-bond acceptors (Lipinski definition) is 1. The van der Waals surface area contributed by atoms with Crippen molar-refractivity contribution < 1.29 is 13.5 Å². The molecule has 3 heteroatoms. The van der Waals surface area contributed by atoms with E-state index in [4.69, 9.17) is 4.74 Å². The Kier molecular flexibility index (Phi) is 6.87. The summed E-state index contributed by atoms with van der Waals surface area (Å²) in [6.45, 7) is 2.26. The van der Waals surface area contributed by atoms with Crippen LogP contribution in [0.2, 0.25) is 0 Å². The molecule has 0 N–H and O–H groups in total. The van der Waals surface area contributed by atoms with Gasteiger partial charge >= 0.3 is 0 Å². The first-order valence-corrected chi connectivity index (χ1v) is 10.3. The van der Waals surface area contributed by atoms with Crippen LogP contribution in [0.1, 0.15) is 69.8 Å². The number of rotatable bonds is 7. The van der Waals surface area contributed by atoms with Gasteiger partial charge in [0.2, 0.25) is 0 Å². The van der Waals surface area contributed by atoms with E-state index in [0.717, 1.165) is 17.5 Å². The van der Waals surface area contributed by atoms with Gasteiger partial charge in [-0.1, -0.05) is 56.9 Å². The molecule has 0 atom stereocenters. The van der Waals surface area contributed by atoms with E-state index in [1.54, 1.807) is 0 Å². The molecule has 0 amide bonds. The Bertz CT molecular complexity index is 731.